The Morgan fingerprint density at radius 1 is 1.14 bits per heavy atom. The van der Waals surface area contributed by atoms with Gasteiger partial charge in [-0.3, -0.25) is 20.2 Å². The zero-order chi connectivity index (χ0) is 26.0. The van der Waals surface area contributed by atoms with E-state index in [1.807, 2.05) is 0 Å². The normalized spacial score (nSPS) is 15.2. The maximum absolute atomic E-state index is 12.8. The Balaban J connectivity index is 1.95. The zero-order valence-corrected chi connectivity index (χ0v) is 19.1. The lowest BCUT2D eigenvalue weighted by atomic mass is 9.94. The summed E-state index contributed by atoms with van der Waals surface area (Å²) in [5, 5.41) is 32.7. The lowest BCUT2D eigenvalue weighted by molar-refractivity contribution is -0.394. The van der Waals surface area contributed by atoms with Gasteiger partial charge in [-0.2, -0.15) is 5.10 Å². The third kappa shape index (κ3) is 4.49. The van der Waals surface area contributed by atoms with Crippen LogP contribution in [0.2, 0.25) is 0 Å². The van der Waals surface area contributed by atoms with Crippen LogP contribution in [0, 0.1) is 20.2 Å². The first-order valence-electron chi connectivity index (χ1n) is 10.7. The van der Waals surface area contributed by atoms with Crippen LogP contribution in [0.25, 0.3) is 16.9 Å². The van der Waals surface area contributed by atoms with Crippen molar-refractivity contribution in [1.82, 2.24) is 20.4 Å². The zero-order valence-electron chi connectivity index (χ0n) is 19.1. The first-order chi connectivity index (χ1) is 17.2. The van der Waals surface area contributed by atoms with Crippen molar-refractivity contribution in [2.75, 3.05) is 6.61 Å². The van der Waals surface area contributed by atoms with Gasteiger partial charge in [0.25, 0.3) is 5.69 Å². The summed E-state index contributed by atoms with van der Waals surface area (Å²) in [6.45, 7) is 3.32. The van der Waals surface area contributed by atoms with Crippen molar-refractivity contribution in [1.29, 1.82) is 0 Å². The minimum absolute atomic E-state index is 0.0346. The average Bonchev–Trinajstić information content (AvgIpc) is 3.29. The summed E-state index contributed by atoms with van der Waals surface area (Å²) in [5.74, 6) is -0.652. The summed E-state index contributed by atoms with van der Waals surface area (Å²) in [5.41, 5.74) is 0.731. The number of allylic oxidation sites excluding steroid dienone is 1. The van der Waals surface area contributed by atoms with Crippen molar-refractivity contribution in [3.05, 3.63) is 91.8 Å². The third-order valence-corrected chi connectivity index (χ3v) is 5.48. The molecule has 13 nitrogen and oxygen atoms in total. The molecule has 0 radical (unpaired) electrons. The van der Waals surface area contributed by atoms with Gasteiger partial charge in [0.1, 0.15) is 5.69 Å². The molecule has 1 aromatic heterocycles. The highest BCUT2D eigenvalue weighted by Crippen LogP contribution is 2.36. The minimum atomic E-state index is -0.987. The van der Waals surface area contributed by atoms with Crippen LogP contribution in [-0.4, -0.2) is 38.2 Å². The SMILES string of the molecule is CCOC(=O)C1=C(C)NC(=O)NC1c1cn(-c2ccc([N+](=O)[O-])cc2[N+](=O)[O-])nc1-c1ccccc1. The van der Waals surface area contributed by atoms with E-state index in [2.05, 4.69) is 15.7 Å². The van der Waals surface area contributed by atoms with Crippen LogP contribution in [-0.2, 0) is 9.53 Å². The van der Waals surface area contributed by atoms with Crippen LogP contribution in [0.1, 0.15) is 25.5 Å². The fourth-order valence-electron chi connectivity index (χ4n) is 3.91. The van der Waals surface area contributed by atoms with Crippen molar-refractivity contribution in [3.63, 3.8) is 0 Å². The van der Waals surface area contributed by atoms with Crippen molar-refractivity contribution in [3.8, 4) is 16.9 Å². The van der Waals surface area contributed by atoms with Gasteiger partial charge in [0, 0.05) is 29.1 Å². The molecule has 0 bridgehead atoms. The molecule has 0 spiro atoms. The minimum Gasteiger partial charge on any atom is -0.463 e. The van der Waals surface area contributed by atoms with Crippen molar-refractivity contribution < 1.29 is 24.2 Å². The molecule has 2 heterocycles. The average molecular weight is 492 g/mol. The van der Waals surface area contributed by atoms with Crippen molar-refractivity contribution in [2.24, 2.45) is 0 Å². The second kappa shape index (κ2) is 9.66. The number of nitro groups is 2. The van der Waals surface area contributed by atoms with Gasteiger partial charge in [-0.15, -0.1) is 0 Å². The number of aromatic nitrogens is 2. The quantitative estimate of drug-likeness (QED) is 0.286. The number of nitrogens with one attached hydrogen (secondary N) is 2. The summed E-state index contributed by atoms with van der Waals surface area (Å²) in [7, 11) is 0. The number of esters is 1. The van der Waals surface area contributed by atoms with Crippen LogP contribution in [0.15, 0.2) is 66.0 Å². The number of rotatable bonds is 7. The highest BCUT2D eigenvalue weighted by atomic mass is 16.6. The summed E-state index contributed by atoms with van der Waals surface area (Å²) < 4.78 is 6.39. The molecular formula is C23H20N6O7. The number of amides is 2. The highest BCUT2D eigenvalue weighted by Gasteiger charge is 2.35. The predicted octanol–water partition coefficient (Wildman–Crippen LogP) is 3.55. The Morgan fingerprint density at radius 2 is 1.86 bits per heavy atom. The number of non-ortho nitro benzene ring substituents is 1. The van der Waals surface area contributed by atoms with E-state index in [0.717, 1.165) is 12.1 Å². The van der Waals surface area contributed by atoms with E-state index < -0.39 is 39.3 Å². The van der Waals surface area contributed by atoms with Crippen LogP contribution < -0.4 is 10.6 Å². The number of ether oxygens (including phenoxy) is 1. The molecule has 1 unspecified atom stereocenters. The smallest absolute Gasteiger partial charge is 0.338 e. The number of hydrogen-bond donors (Lipinski definition) is 2. The summed E-state index contributed by atoms with van der Waals surface area (Å²) in [4.78, 5) is 46.6. The molecule has 2 amide bonds. The monoisotopic (exact) mass is 492 g/mol. The number of urea groups is 1. The lowest BCUT2D eigenvalue weighted by Crippen LogP contribution is -2.45. The molecule has 0 saturated heterocycles. The van der Waals surface area contributed by atoms with Gasteiger partial charge in [-0.25, -0.2) is 14.3 Å². The van der Waals surface area contributed by atoms with E-state index in [1.165, 1.54) is 16.9 Å². The van der Waals surface area contributed by atoms with Gasteiger partial charge in [-0.05, 0) is 19.9 Å². The van der Waals surface area contributed by atoms with Gasteiger partial charge in [-0.1, -0.05) is 30.3 Å². The summed E-state index contributed by atoms with van der Waals surface area (Å²) in [6.07, 6.45) is 1.44. The molecule has 0 aliphatic carbocycles. The predicted molar refractivity (Wildman–Crippen MR) is 126 cm³/mol. The van der Waals surface area contributed by atoms with Crippen LogP contribution >= 0.6 is 0 Å². The Hall–Kier alpha value is -5.07. The van der Waals surface area contributed by atoms with Gasteiger partial charge in [0.05, 0.1) is 39.8 Å². The maximum Gasteiger partial charge on any atom is 0.338 e. The molecule has 2 N–H and O–H groups in total. The second-order valence-corrected chi connectivity index (χ2v) is 7.72. The van der Waals surface area contributed by atoms with E-state index in [9.17, 15) is 29.8 Å². The number of nitrogens with zero attached hydrogens (tertiary/aromatic N) is 4. The highest BCUT2D eigenvalue weighted by molar-refractivity contribution is 5.95. The molecule has 36 heavy (non-hydrogen) atoms. The molecular weight excluding hydrogens is 472 g/mol. The summed E-state index contributed by atoms with van der Waals surface area (Å²) >= 11 is 0. The first kappa shape index (κ1) is 24.1. The fourth-order valence-corrected chi connectivity index (χ4v) is 3.91. The number of benzene rings is 2. The second-order valence-electron chi connectivity index (χ2n) is 7.72. The number of nitro benzene ring substituents is 2. The Morgan fingerprint density at radius 3 is 2.50 bits per heavy atom. The molecule has 184 valence electrons. The van der Waals surface area contributed by atoms with E-state index >= 15 is 0 Å². The number of carbonyl (C=O) groups is 2. The first-order valence-corrected chi connectivity index (χ1v) is 10.7. The van der Waals surface area contributed by atoms with Crippen molar-refractivity contribution >= 4 is 23.4 Å². The molecule has 0 fully saturated rings. The molecule has 4 rings (SSSR count). The fraction of sp³-hybridized carbons (Fsp3) is 0.174. The van der Waals surface area contributed by atoms with Crippen LogP contribution in [0.4, 0.5) is 16.2 Å². The topological polar surface area (TPSA) is 172 Å². The Kier molecular flexibility index (Phi) is 6.46. The third-order valence-electron chi connectivity index (χ3n) is 5.48. The van der Waals surface area contributed by atoms with Crippen molar-refractivity contribution in [2.45, 2.75) is 19.9 Å². The number of carbonyl (C=O) groups excluding carboxylic acids is 2. The lowest BCUT2D eigenvalue weighted by Gasteiger charge is -2.27. The summed E-state index contributed by atoms with van der Waals surface area (Å²) in [6, 6.07) is 10.5. The molecule has 3 aromatic rings. The molecule has 1 aliphatic rings. The van der Waals surface area contributed by atoms with Gasteiger partial charge in [0.2, 0.25) is 0 Å². The molecule has 0 saturated carbocycles. The molecule has 13 heteroatoms. The molecule has 1 aliphatic heterocycles. The van der Waals surface area contributed by atoms with E-state index in [0.29, 0.717) is 16.8 Å². The van der Waals surface area contributed by atoms with Gasteiger partial charge >= 0.3 is 17.7 Å². The number of hydrogen-bond acceptors (Lipinski definition) is 8. The largest absolute Gasteiger partial charge is 0.463 e. The van der Waals surface area contributed by atoms with Gasteiger partial charge < -0.3 is 15.4 Å². The molecule has 2 aromatic carbocycles. The van der Waals surface area contributed by atoms with Crippen LogP contribution in [0.3, 0.4) is 0 Å². The Labute approximate surface area is 203 Å². The van der Waals surface area contributed by atoms with E-state index in [4.69, 9.17) is 4.74 Å². The van der Waals surface area contributed by atoms with E-state index in [1.54, 1.807) is 44.2 Å². The Bertz CT molecular complexity index is 1410. The van der Waals surface area contributed by atoms with Crippen LogP contribution in [0.5, 0.6) is 0 Å². The maximum atomic E-state index is 12.8. The standard InChI is InChI=1S/C23H20N6O7/c1-3-36-22(30)19-13(2)24-23(31)25-21(19)16-12-27(26-20(16)14-7-5-4-6-8-14)17-10-9-15(28(32)33)11-18(17)29(34)35/h4-12,21H,3H2,1-2H3,(H2,24,25,31). The molecule has 1 atom stereocenters. The van der Waals surface area contributed by atoms with Gasteiger partial charge in [0.15, 0.2) is 0 Å². The van der Waals surface area contributed by atoms with E-state index in [-0.39, 0.29) is 23.6 Å².